The van der Waals surface area contributed by atoms with Gasteiger partial charge in [-0.2, -0.15) is 9.40 Å². The van der Waals surface area contributed by atoms with Gasteiger partial charge in [-0.05, 0) is 26.7 Å². The van der Waals surface area contributed by atoms with Crippen molar-refractivity contribution in [2.24, 2.45) is 0 Å². The van der Waals surface area contributed by atoms with Gasteiger partial charge in [0, 0.05) is 19.7 Å². The zero-order chi connectivity index (χ0) is 13.3. The highest BCUT2D eigenvalue weighted by Crippen LogP contribution is 2.33. The molecule has 0 atom stereocenters. The first-order valence-electron chi connectivity index (χ1n) is 6.01. The van der Waals surface area contributed by atoms with E-state index < -0.39 is 10.0 Å². The van der Waals surface area contributed by atoms with Crippen LogP contribution in [0, 0.1) is 13.8 Å². The van der Waals surface area contributed by atoms with E-state index in [1.807, 2.05) is 0 Å². The van der Waals surface area contributed by atoms with Gasteiger partial charge in [-0.3, -0.25) is 5.10 Å². The van der Waals surface area contributed by atoms with E-state index in [9.17, 15) is 8.42 Å². The van der Waals surface area contributed by atoms with E-state index in [1.165, 1.54) is 0 Å². The quantitative estimate of drug-likeness (QED) is 0.833. The Balaban J connectivity index is 2.33. The smallest absolute Gasteiger partial charge is 0.247 e. The minimum atomic E-state index is -3.47. The fourth-order valence-electron chi connectivity index (χ4n) is 2.08. The molecule has 0 radical (unpaired) electrons. The molecule has 7 heteroatoms. The summed E-state index contributed by atoms with van der Waals surface area (Å²) < 4.78 is 31.8. The van der Waals surface area contributed by atoms with Crippen molar-refractivity contribution in [2.75, 3.05) is 20.3 Å². The van der Waals surface area contributed by atoms with Gasteiger partial charge < -0.3 is 4.74 Å². The van der Waals surface area contributed by atoms with E-state index >= 15 is 0 Å². The number of nitrogens with zero attached hydrogens (tertiary/aromatic N) is 2. The number of rotatable bonds is 6. The van der Waals surface area contributed by atoms with Gasteiger partial charge in [0.05, 0.1) is 18.0 Å². The minimum absolute atomic E-state index is 0.124. The number of hydrogen-bond acceptors (Lipinski definition) is 4. The SMILES string of the molecule is COCCN(C1CC1)S(=O)(=O)c1c(C)n[nH]c1C. The van der Waals surface area contributed by atoms with Gasteiger partial charge in [-0.15, -0.1) is 0 Å². The van der Waals surface area contributed by atoms with Crippen LogP contribution in [0.2, 0.25) is 0 Å². The Morgan fingerprint density at radius 1 is 1.44 bits per heavy atom. The summed E-state index contributed by atoms with van der Waals surface area (Å²) in [6.45, 7) is 4.24. The Morgan fingerprint density at radius 3 is 2.56 bits per heavy atom. The van der Waals surface area contributed by atoms with Crippen molar-refractivity contribution in [1.82, 2.24) is 14.5 Å². The highest BCUT2D eigenvalue weighted by atomic mass is 32.2. The number of ether oxygens (including phenoxy) is 1. The molecule has 18 heavy (non-hydrogen) atoms. The molecular formula is C11H19N3O3S. The van der Waals surface area contributed by atoms with Gasteiger partial charge in [0.25, 0.3) is 0 Å². The molecule has 2 rings (SSSR count). The van der Waals surface area contributed by atoms with Gasteiger partial charge >= 0.3 is 0 Å². The fourth-order valence-corrected chi connectivity index (χ4v) is 4.09. The molecule has 1 aromatic heterocycles. The number of aromatic nitrogens is 2. The van der Waals surface area contributed by atoms with Gasteiger partial charge in [0.1, 0.15) is 4.90 Å². The highest BCUT2D eigenvalue weighted by molar-refractivity contribution is 7.89. The molecule has 0 aliphatic heterocycles. The minimum Gasteiger partial charge on any atom is -0.383 e. The Labute approximate surface area is 107 Å². The topological polar surface area (TPSA) is 75.3 Å². The molecule has 1 aliphatic rings. The molecule has 1 saturated carbocycles. The second-order valence-corrected chi connectivity index (χ2v) is 6.43. The average molecular weight is 273 g/mol. The number of hydrogen-bond donors (Lipinski definition) is 1. The Kier molecular flexibility index (Phi) is 3.74. The molecule has 1 N–H and O–H groups in total. The van der Waals surface area contributed by atoms with Crippen molar-refractivity contribution in [3.8, 4) is 0 Å². The van der Waals surface area contributed by atoms with Crippen molar-refractivity contribution in [3.05, 3.63) is 11.4 Å². The lowest BCUT2D eigenvalue weighted by atomic mass is 10.4. The summed E-state index contributed by atoms with van der Waals surface area (Å²) in [6.07, 6.45) is 1.86. The van der Waals surface area contributed by atoms with E-state index in [1.54, 1.807) is 25.3 Å². The number of nitrogens with one attached hydrogen (secondary N) is 1. The average Bonchev–Trinajstić information content (AvgIpc) is 3.05. The zero-order valence-electron chi connectivity index (χ0n) is 10.9. The monoisotopic (exact) mass is 273 g/mol. The van der Waals surface area contributed by atoms with Crippen LogP contribution in [0.3, 0.4) is 0 Å². The predicted molar refractivity (Wildman–Crippen MR) is 66.9 cm³/mol. The molecule has 1 aromatic rings. The lowest BCUT2D eigenvalue weighted by molar-refractivity contribution is 0.177. The Bertz CT molecular complexity index is 500. The van der Waals surface area contributed by atoms with Crippen LogP contribution in [0.15, 0.2) is 4.90 Å². The largest absolute Gasteiger partial charge is 0.383 e. The summed E-state index contributed by atoms with van der Waals surface area (Å²) in [5, 5.41) is 6.69. The maximum Gasteiger partial charge on any atom is 0.247 e. The number of sulfonamides is 1. The summed E-state index contributed by atoms with van der Waals surface area (Å²) in [5.74, 6) is 0. The van der Waals surface area contributed by atoms with Crippen LogP contribution in [-0.4, -0.2) is 49.2 Å². The van der Waals surface area contributed by atoms with E-state index in [0.29, 0.717) is 29.4 Å². The second-order valence-electron chi connectivity index (χ2n) is 4.60. The van der Waals surface area contributed by atoms with Crippen LogP contribution >= 0.6 is 0 Å². The summed E-state index contributed by atoms with van der Waals surface area (Å²) in [5.41, 5.74) is 1.12. The summed E-state index contributed by atoms with van der Waals surface area (Å²) in [6, 6.07) is 0.124. The maximum absolute atomic E-state index is 12.6. The molecule has 1 heterocycles. The van der Waals surface area contributed by atoms with Gasteiger partial charge in [0.2, 0.25) is 10.0 Å². The lowest BCUT2D eigenvalue weighted by Crippen LogP contribution is -2.36. The van der Waals surface area contributed by atoms with Crippen molar-refractivity contribution < 1.29 is 13.2 Å². The van der Waals surface area contributed by atoms with Gasteiger partial charge in [-0.25, -0.2) is 8.42 Å². The molecule has 0 bridgehead atoms. The second kappa shape index (κ2) is 4.99. The molecule has 1 aliphatic carbocycles. The first-order valence-corrected chi connectivity index (χ1v) is 7.45. The van der Waals surface area contributed by atoms with E-state index in [2.05, 4.69) is 10.2 Å². The number of methoxy groups -OCH3 is 1. The first kappa shape index (κ1) is 13.5. The third kappa shape index (κ3) is 2.43. The van der Waals surface area contributed by atoms with Gasteiger partial charge in [0.15, 0.2) is 0 Å². The van der Waals surface area contributed by atoms with Crippen LogP contribution in [0.5, 0.6) is 0 Å². The molecule has 0 saturated heterocycles. The maximum atomic E-state index is 12.6. The predicted octanol–water partition coefficient (Wildman–Crippen LogP) is 0.826. The standard InChI is InChI=1S/C11H19N3O3S/c1-8-11(9(2)13-12-8)18(15,16)14(6-7-17-3)10-4-5-10/h10H,4-7H2,1-3H3,(H,12,13). The molecule has 0 amide bonds. The van der Waals surface area contributed by atoms with Crippen molar-refractivity contribution >= 4 is 10.0 Å². The summed E-state index contributed by atoms with van der Waals surface area (Å²) in [7, 11) is -1.89. The Hall–Kier alpha value is -0.920. The normalized spacial score (nSPS) is 16.4. The number of aryl methyl sites for hydroxylation is 2. The van der Waals surface area contributed by atoms with Crippen LogP contribution in [-0.2, 0) is 14.8 Å². The molecule has 6 nitrogen and oxygen atoms in total. The molecule has 0 unspecified atom stereocenters. The third-order valence-electron chi connectivity index (χ3n) is 3.10. The van der Waals surface area contributed by atoms with Crippen molar-refractivity contribution in [2.45, 2.75) is 37.6 Å². The summed E-state index contributed by atoms with van der Waals surface area (Å²) in [4.78, 5) is 0.311. The van der Waals surface area contributed by atoms with E-state index in [4.69, 9.17) is 4.74 Å². The van der Waals surface area contributed by atoms with Crippen LogP contribution < -0.4 is 0 Å². The van der Waals surface area contributed by atoms with Crippen molar-refractivity contribution in [3.63, 3.8) is 0 Å². The summed E-state index contributed by atoms with van der Waals surface area (Å²) >= 11 is 0. The third-order valence-corrected chi connectivity index (χ3v) is 5.31. The van der Waals surface area contributed by atoms with Crippen molar-refractivity contribution in [1.29, 1.82) is 0 Å². The van der Waals surface area contributed by atoms with E-state index in [-0.39, 0.29) is 6.04 Å². The Morgan fingerprint density at radius 2 is 2.11 bits per heavy atom. The highest BCUT2D eigenvalue weighted by Gasteiger charge is 2.39. The molecule has 0 aromatic carbocycles. The zero-order valence-corrected chi connectivity index (χ0v) is 11.7. The van der Waals surface area contributed by atoms with Crippen LogP contribution in [0.4, 0.5) is 0 Å². The first-order chi connectivity index (χ1) is 8.48. The van der Waals surface area contributed by atoms with Crippen LogP contribution in [0.1, 0.15) is 24.2 Å². The molecule has 1 fully saturated rings. The van der Waals surface area contributed by atoms with Crippen LogP contribution in [0.25, 0.3) is 0 Å². The lowest BCUT2D eigenvalue weighted by Gasteiger charge is -2.21. The number of aromatic amines is 1. The molecule has 102 valence electrons. The molecule has 0 spiro atoms. The fraction of sp³-hybridized carbons (Fsp3) is 0.727. The van der Waals surface area contributed by atoms with E-state index in [0.717, 1.165) is 12.8 Å². The molecular weight excluding hydrogens is 254 g/mol. The number of H-pyrrole nitrogens is 1. The van der Waals surface area contributed by atoms with Gasteiger partial charge in [-0.1, -0.05) is 0 Å².